The van der Waals surface area contributed by atoms with E-state index >= 15 is 0 Å². The van der Waals surface area contributed by atoms with Crippen LogP contribution in [0.1, 0.15) is 51.5 Å². The fourth-order valence-electron chi connectivity index (χ4n) is 5.96. The molecule has 2 atom stereocenters. The van der Waals surface area contributed by atoms with Crippen LogP contribution in [0.25, 0.3) is 0 Å². The van der Waals surface area contributed by atoms with Crippen molar-refractivity contribution in [1.29, 1.82) is 0 Å². The van der Waals surface area contributed by atoms with Gasteiger partial charge in [-0.15, -0.1) is 0 Å². The van der Waals surface area contributed by atoms with Gasteiger partial charge in [0.2, 0.25) is 0 Å². The molecule has 4 saturated carbocycles. The average molecular weight is 272 g/mol. The van der Waals surface area contributed by atoms with E-state index in [0.29, 0.717) is 0 Å². The summed E-state index contributed by atoms with van der Waals surface area (Å²) in [5, 5.41) is 20.4. The average Bonchev–Trinajstić information content (AvgIpc) is 2.38. The Morgan fingerprint density at radius 2 is 1.65 bits per heavy atom. The molecule has 2 heteroatoms. The highest BCUT2D eigenvalue weighted by atomic mass is 16.3. The van der Waals surface area contributed by atoms with E-state index in [4.69, 9.17) is 0 Å². The van der Waals surface area contributed by atoms with Gasteiger partial charge in [0.15, 0.2) is 11.5 Å². The quantitative estimate of drug-likeness (QED) is 0.752. The van der Waals surface area contributed by atoms with Crippen molar-refractivity contribution in [2.75, 3.05) is 0 Å². The monoisotopic (exact) mass is 272 g/mol. The highest BCUT2D eigenvalue weighted by Gasteiger charge is 2.62. The van der Waals surface area contributed by atoms with Gasteiger partial charge in [0.1, 0.15) is 0 Å². The maximum Gasteiger partial charge on any atom is 0.161 e. The van der Waals surface area contributed by atoms with E-state index in [1.165, 1.54) is 32.1 Å². The third kappa shape index (κ3) is 1.35. The van der Waals surface area contributed by atoms with Crippen LogP contribution in [0.2, 0.25) is 0 Å². The number of benzene rings is 1. The van der Waals surface area contributed by atoms with Gasteiger partial charge in [0.25, 0.3) is 0 Å². The Morgan fingerprint density at radius 3 is 2.30 bits per heavy atom. The molecule has 0 heterocycles. The lowest BCUT2D eigenvalue weighted by molar-refractivity contribution is -0.113. The molecule has 0 aromatic heterocycles. The highest BCUT2D eigenvalue weighted by molar-refractivity contribution is 5.50. The summed E-state index contributed by atoms with van der Waals surface area (Å²) in [4.78, 5) is 0. The van der Waals surface area contributed by atoms with Gasteiger partial charge < -0.3 is 10.2 Å². The van der Waals surface area contributed by atoms with Crippen LogP contribution in [0.4, 0.5) is 0 Å². The molecule has 20 heavy (non-hydrogen) atoms. The summed E-state index contributed by atoms with van der Waals surface area (Å²) in [7, 11) is 0. The number of phenolic OH excluding ortho intramolecular Hbond substituents is 2. The molecule has 0 saturated heterocycles. The van der Waals surface area contributed by atoms with Gasteiger partial charge in [-0.25, -0.2) is 0 Å². The van der Waals surface area contributed by atoms with E-state index in [9.17, 15) is 10.2 Å². The SMILES string of the molecule is CC1(C)C2CC3CC(C2)CC1(c1cccc(O)c1O)C3. The van der Waals surface area contributed by atoms with Crippen molar-refractivity contribution >= 4 is 0 Å². The molecule has 4 aliphatic carbocycles. The number of phenols is 2. The summed E-state index contributed by atoms with van der Waals surface area (Å²) in [6.45, 7) is 4.78. The first-order chi connectivity index (χ1) is 9.44. The first kappa shape index (κ1) is 12.6. The van der Waals surface area contributed by atoms with E-state index in [1.807, 2.05) is 12.1 Å². The van der Waals surface area contributed by atoms with Crippen molar-refractivity contribution in [3.8, 4) is 11.5 Å². The van der Waals surface area contributed by atoms with Gasteiger partial charge in [0.05, 0.1) is 0 Å². The number of aromatic hydroxyl groups is 2. The first-order valence-corrected chi connectivity index (χ1v) is 7.95. The predicted octanol–water partition coefficient (Wildman–Crippen LogP) is 4.20. The molecule has 2 N–H and O–H groups in total. The fraction of sp³-hybridized carbons (Fsp3) is 0.667. The fourth-order valence-corrected chi connectivity index (χ4v) is 5.96. The Balaban J connectivity index is 1.91. The van der Waals surface area contributed by atoms with Crippen LogP contribution in [0, 0.1) is 23.2 Å². The molecule has 0 radical (unpaired) electrons. The summed E-state index contributed by atoms with van der Waals surface area (Å²) >= 11 is 0. The molecular weight excluding hydrogens is 248 g/mol. The maximum atomic E-state index is 10.4. The van der Waals surface area contributed by atoms with Crippen LogP contribution in [-0.4, -0.2) is 10.2 Å². The van der Waals surface area contributed by atoms with E-state index in [-0.39, 0.29) is 22.3 Å². The van der Waals surface area contributed by atoms with Gasteiger partial charge in [-0.1, -0.05) is 26.0 Å². The zero-order valence-electron chi connectivity index (χ0n) is 12.4. The summed E-state index contributed by atoms with van der Waals surface area (Å²) in [6, 6.07) is 5.52. The van der Waals surface area contributed by atoms with Crippen molar-refractivity contribution in [2.45, 2.75) is 51.4 Å². The van der Waals surface area contributed by atoms with Crippen LogP contribution >= 0.6 is 0 Å². The molecule has 2 nitrogen and oxygen atoms in total. The van der Waals surface area contributed by atoms with Gasteiger partial charge in [-0.3, -0.25) is 0 Å². The molecule has 4 aliphatic rings. The summed E-state index contributed by atoms with van der Waals surface area (Å²) in [5.41, 5.74) is 1.28. The third-order valence-corrected chi connectivity index (χ3v) is 6.96. The highest BCUT2D eigenvalue weighted by Crippen LogP contribution is 2.69. The number of hydrogen-bond acceptors (Lipinski definition) is 2. The Labute approximate surface area is 120 Å². The minimum absolute atomic E-state index is 0.0362. The molecule has 5 rings (SSSR count). The zero-order valence-corrected chi connectivity index (χ0v) is 12.4. The smallest absolute Gasteiger partial charge is 0.161 e. The summed E-state index contributed by atoms with van der Waals surface area (Å²) in [6.07, 6.45) is 6.48. The van der Waals surface area contributed by atoms with E-state index in [2.05, 4.69) is 13.8 Å². The summed E-state index contributed by atoms with van der Waals surface area (Å²) < 4.78 is 0. The molecule has 2 unspecified atom stereocenters. The molecule has 4 fully saturated rings. The molecule has 1 aromatic carbocycles. The second-order valence-electron chi connectivity index (χ2n) is 8.02. The summed E-state index contributed by atoms with van der Waals surface area (Å²) in [5.74, 6) is 2.58. The number of para-hydroxylation sites is 1. The maximum absolute atomic E-state index is 10.4. The van der Waals surface area contributed by atoms with Crippen molar-refractivity contribution in [3.63, 3.8) is 0 Å². The minimum Gasteiger partial charge on any atom is -0.504 e. The van der Waals surface area contributed by atoms with Crippen molar-refractivity contribution in [2.24, 2.45) is 23.2 Å². The van der Waals surface area contributed by atoms with Crippen LogP contribution in [0.5, 0.6) is 11.5 Å². The molecule has 108 valence electrons. The Kier molecular flexibility index (Phi) is 2.33. The van der Waals surface area contributed by atoms with Crippen molar-refractivity contribution in [1.82, 2.24) is 0 Å². The van der Waals surface area contributed by atoms with Gasteiger partial charge in [-0.2, -0.15) is 0 Å². The topological polar surface area (TPSA) is 40.5 Å². The molecule has 1 aromatic rings. The van der Waals surface area contributed by atoms with Gasteiger partial charge in [-0.05, 0) is 61.3 Å². The molecule has 4 bridgehead atoms. The standard InChI is InChI=1S/C18H24O2/c1-17(2)13-7-11-6-12(8-13)10-18(17,9-11)14-4-3-5-15(19)16(14)20/h3-5,11-13,19-20H,6-10H2,1-2H3. The van der Waals surface area contributed by atoms with Crippen molar-refractivity contribution < 1.29 is 10.2 Å². The molecule has 0 spiro atoms. The van der Waals surface area contributed by atoms with Crippen LogP contribution in [0.15, 0.2) is 18.2 Å². The molecular formula is C18H24O2. The van der Waals surface area contributed by atoms with E-state index in [1.54, 1.807) is 6.07 Å². The van der Waals surface area contributed by atoms with Gasteiger partial charge >= 0.3 is 0 Å². The number of rotatable bonds is 1. The molecule has 0 aliphatic heterocycles. The second-order valence-corrected chi connectivity index (χ2v) is 8.02. The van der Waals surface area contributed by atoms with Crippen LogP contribution < -0.4 is 0 Å². The predicted molar refractivity (Wildman–Crippen MR) is 78.8 cm³/mol. The van der Waals surface area contributed by atoms with E-state index < -0.39 is 0 Å². The largest absolute Gasteiger partial charge is 0.504 e. The lowest BCUT2D eigenvalue weighted by Crippen LogP contribution is -2.59. The van der Waals surface area contributed by atoms with Crippen LogP contribution in [-0.2, 0) is 5.41 Å². The first-order valence-electron chi connectivity index (χ1n) is 7.95. The zero-order chi connectivity index (χ0) is 14.1. The minimum atomic E-state index is 0.0362. The van der Waals surface area contributed by atoms with E-state index in [0.717, 1.165) is 23.3 Å². The van der Waals surface area contributed by atoms with Gasteiger partial charge in [0, 0.05) is 11.0 Å². The Bertz CT molecular complexity index is 547. The second kappa shape index (κ2) is 3.72. The Morgan fingerprint density at radius 1 is 1.00 bits per heavy atom. The Hall–Kier alpha value is -1.18. The third-order valence-electron chi connectivity index (χ3n) is 6.96. The van der Waals surface area contributed by atoms with Crippen LogP contribution in [0.3, 0.4) is 0 Å². The van der Waals surface area contributed by atoms with Crippen molar-refractivity contribution in [3.05, 3.63) is 23.8 Å². The number of hydrogen-bond donors (Lipinski definition) is 2. The molecule has 0 amide bonds. The lowest BCUT2D eigenvalue weighted by Gasteiger charge is -2.66. The lowest BCUT2D eigenvalue weighted by atomic mass is 9.38. The normalized spacial score (nSPS) is 41.0.